The number of carbonyl (C=O) groups is 8. The molecule has 23 heteroatoms. The van der Waals surface area contributed by atoms with Gasteiger partial charge < -0.3 is 65.7 Å². The Balaban J connectivity index is 2.30. The topological polar surface area (TPSA) is 384 Å². The van der Waals surface area contributed by atoms with Gasteiger partial charge in [-0.2, -0.15) is 0 Å². The van der Waals surface area contributed by atoms with Crippen molar-refractivity contribution < 1.29 is 43.5 Å². The number of nitrogens with one attached hydrogen (secondary N) is 6. The van der Waals surface area contributed by atoms with E-state index in [9.17, 15) is 43.5 Å². The molecule has 0 saturated heterocycles. The van der Waals surface area contributed by atoms with Crippen molar-refractivity contribution in [3.63, 3.8) is 0 Å². The van der Waals surface area contributed by atoms with Gasteiger partial charge in [0.15, 0.2) is 11.9 Å². The molecular formula is C44H66BrN13O9. The number of nitrogens with zero attached hydrogens (tertiary/aromatic N) is 2. The van der Waals surface area contributed by atoms with Crippen LogP contribution in [0.25, 0.3) is 0 Å². The van der Waals surface area contributed by atoms with E-state index in [-0.39, 0.29) is 68.9 Å². The second-order valence-corrected chi connectivity index (χ2v) is 16.9. The lowest BCUT2D eigenvalue weighted by Gasteiger charge is -2.29. The second-order valence-electron chi connectivity index (χ2n) is 16.0. The van der Waals surface area contributed by atoms with Crippen molar-refractivity contribution in [2.45, 2.75) is 114 Å². The minimum atomic E-state index is -1.75. The zero-order valence-electron chi connectivity index (χ0n) is 38.3. The molecule has 0 saturated carbocycles. The average Bonchev–Trinajstić information content (AvgIpc) is 3.28. The Morgan fingerprint density at radius 2 is 1.09 bits per heavy atom. The number of hydrogen-bond donors (Lipinski definition) is 12. The summed E-state index contributed by atoms with van der Waals surface area (Å²) in [6, 6.07) is 8.95. The monoisotopic (exact) mass is 999 g/mol. The van der Waals surface area contributed by atoms with Crippen LogP contribution in [0.2, 0.25) is 0 Å². The predicted octanol–water partition coefficient (Wildman–Crippen LogP) is -0.113. The highest BCUT2D eigenvalue weighted by Crippen LogP contribution is 2.24. The number of amides is 7. The van der Waals surface area contributed by atoms with Crippen LogP contribution in [0.3, 0.4) is 0 Å². The molecule has 0 bridgehead atoms. The molecule has 0 aliphatic rings. The summed E-state index contributed by atoms with van der Waals surface area (Å²) in [6.45, 7) is 7.07. The number of alkyl halides is 1. The van der Waals surface area contributed by atoms with E-state index in [1.54, 1.807) is 52.0 Å². The van der Waals surface area contributed by atoms with Gasteiger partial charge in [0.1, 0.15) is 35.0 Å². The standard InChI is InChI=1S/C44H66BrN13O9/c1-5-24(3)35(37(46)62)57-39(64)30(15-11-21-52-44(49)50)55-40(65)31(23-33(60)61)56-42(67)36(25(4)6-2)58-38(63)29(14-10-20-51-43(47)48)54-32(59)22-26-16-18-28(19-17-26)53-41(66)34(45)27-12-8-7-9-13-27/h7-9,12-13,16-19,24-25,29-31,34-36H,5-6,10-11,14-15,20-23H2,1-4H3,(H2,46,62)(H,53,66)(H,54,59)(H,55,65)(H,56,67)(H,57,64)(H,58,63)(H,60,61)(H4,47,48,51)(H4,49,50,52)/t24-,25-,29-,30-,31-,34?,35-,36-/m0/s1. The molecule has 368 valence electrons. The van der Waals surface area contributed by atoms with E-state index in [4.69, 9.17) is 28.7 Å². The Morgan fingerprint density at radius 3 is 1.58 bits per heavy atom. The van der Waals surface area contributed by atoms with Crippen LogP contribution < -0.4 is 60.6 Å². The van der Waals surface area contributed by atoms with Gasteiger partial charge in [-0.1, -0.05) is 98.9 Å². The Kier molecular flexibility index (Phi) is 24.4. The van der Waals surface area contributed by atoms with E-state index in [0.29, 0.717) is 24.1 Å². The maximum absolute atomic E-state index is 14.0. The van der Waals surface area contributed by atoms with Crippen LogP contribution in [0.15, 0.2) is 64.6 Å². The molecule has 2 aromatic carbocycles. The number of nitrogens with two attached hydrogens (primary N) is 5. The Bertz CT molecular complexity index is 2050. The molecule has 0 spiro atoms. The third kappa shape index (κ3) is 20.5. The summed E-state index contributed by atoms with van der Waals surface area (Å²) in [5.74, 6) is -7.99. The lowest BCUT2D eigenvalue weighted by Crippen LogP contribution is -2.60. The summed E-state index contributed by atoms with van der Waals surface area (Å²) in [5, 5.41) is 25.4. The van der Waals surface area contributed by atoms with Gasteiger partial charge in [0.25, 0.3) is 0 Å². The zero-order valence-corrected chi connectivity index (χ0v) is 39.8. The maximum atomic E-state index is 14.0. The smallest absolute Gasteiger partial charge is 0.305 e. The number of anilines is 1. The molecule has 0 fully saturated rings. The molecule has 1 unspecified atom stereocenters. The van der Waals surface area contributed by atoms with Crippen LogP contribution in [0.1, 0.15) is 88.6 Å². The summed E-state index contributed by atoms with van der Waals surface area (Å²) in [6.07, 6.45) is 0.118. The van der Waals surface area contributed by atoms with E-state index in [0.717, 1.165) is 5.56 Å². The minimum absolute atomic E-state index is 0.0353. The highest BCUT2D eigenvalue weighted by molar-refractivity contribution is 9.09. The molecule has 2 rings (SSSR count). The fourth-order valence-electron chi connectivity index (χ4n) is 6.52. The second kappa shape index (κ2) is 29.0. The van der Waals surface area contributed by atoms with Gasteiger partial charge in [0.05, 0.1) is 12.8 Å². The van der Waals surface area contributed by atoms with Gasteiger partial charge >= 0.3 is 5.97 Å². The molecule has 0 heterocycles. The van der Waals surface area contributed by atoms with E-state index >= 15 is 0 Å². The normalized spacial score (nSPS) is 14.4. The number of halogens is 1. The van der Waals surface area contributed by atoms with Crippen LogP contribution in [-0.2, 0) is 44.8 Å². The molecule has 8 atom stereocenters. The van der Waals surface area contributed by atoms with Gasteiger partial charge in [-0.25, -0.2) is 0 Å². The van der Waals surface area contributed by atoms with Crippen molar-refractivity contribution in [3.8, 4) is 0 Å². The van der Waals surface area contributed by atoms with Gasteiger partial charge in [0.2, 0.25) is 41.4 Å². The Hall–Kier alpha value is -6.78. The fraction of sp³-hybridized carbons (Fsp3) is 0.500. The van der Waals surface area contributed by atoms with E-state index in [2.05, 4.69) is 57.8 Å². The van der Waals surface area contributed by atoms with Crippen molar-refractivity contribution in [1.82, 2.24) is 26.6 Å². The average molecular weight is 1000 g/mol. The highest BCUT2D eigenvalue weighted by Gasteiger charge is 2.35. The SMILES string of the molecule is CC[C@H](C)[C@H](NC(=O)[C@H](CCCN=C(N)N)NC(=O)[C@H](CC(=O)O)NC(=O)[C@@H](NC(=O)[C@H](CCCN=C(N)N)NC(=O)Cc1ccc(NC(=O)C(Br)c2ccccc2)cc1)[C@@H](C)CC)C(N)=O. The third-order valence-electron chi connectivity index (χ3n) is 10.7. The number of aliphatic imine (C=N–C) groups is 2. The molecule has 67 heavy (non-hydrogen) atoms. The number of hydrogen-bond acceptors (Lipinski definition) is 10. The summed E-state index contributed by atoms with van der Waals surface area (Å²) in [4.78, 5) is 113. The van der Waals surface area contributed by atoms with Crippen molar-refractivity contribution in [1.29, 1.82) is 0 Å². The molecule has 0 aliphatic heterocycles. The van der Waals surface area contributed by atoms with Gasteiger partial charge in [0, 0.05) is 18.8 Å². The first-order valence-electron chi connectivity index (χ1n) is 21.9. The van der Waals surface area contributed by atoms with Gasteiger partial charge in [-0.3, -0.25) is 48.3 Å². The number of benzene rings is 2. The summed E-state index contributed by atoms with van der Waals surface area (Å²) in [5.41, 5.74) is 29.1. The van der Waals surface area contributed by atoms with E-state index < -0.39 is 88.8 Å². The predicted molar refractivity (Wildman–Crippen MR) is 257 cm³/mol. The highest BCUT2D eigenvalue weighted by atomic mass is 79.9. The molecule has 2 aromatic rings. The number of guanidine groups is 2. The van der Waals surface area contributed by atoms with Crippen molar-refractivity contribution in [2.75, 3.05) is 18.4 Å². The fourth-order valence-corrected chi connectivity index (χ4v) is 6.94. The zero-order chi connectivity index (χ0) is 50.2. The van der Waals surface area contributed by atoms with Crippen LogP contribution >= 0.6 is 15.9 Å². The molecule has 0 aromatic heterocycles. The summed E-state index contributed by atoms with van der Waals surface area (Å²) in [7, 11) is 0. The number of primary amides is 1. The first-order valence-corrected chi connectivity index (χ1v) is 22.8. The number of carboxylic acid groups (broad SMARTS) is 1. The molecule has 0 radical (unpaired) electrons. The number of carboxylic acids is 1. The molecule has 17 N–H and O–H groups in total. The molecule has 7 amide bonds. The Labute approximate surface area is 398 Å². The van der Waals surface area contributed by atoms with Gasteiger partial charge in [-0.15, -0.1) is 0 Å². The lowest BCUT2D eigenvalue weighted by atomic mass is 9.96. The van der Waals surface area contributed by atoms with Crippen LogP contribution in [-0.4, -0.2) is 108 Å². The van der Waals surface area contributed by atoms with Crippen LogP contribution in [0.5, 0.6) is 0 Å². The quantitative estimate of drug-likeness (QED) is 0.0219. The Morgan fingerprint density at radius 1 is 0.612 bits per heavy atom. The van der Waals surface area contributed by atoms with Crippen molar-refractivity contribution in [3.05, 3.63) is 65.7 Å². The largest absolute Gasteiger partial charge is 0.481 e. The maximum Gasteiger partial charge on any atom is 0.305 e. The molecular weight excluding hydrogens is 934 g/mol. The van der Waals surface area contributed by atoms with Crippen molar-refractivity contribution >= 4 is 80.9 Å². The molecule has 0 aliphatic carbocycles. The summed E-state index contributed by atoms with van der Waals surface area (Å²) >= 11 is 3.41. The third-order valence-corrected chi connectivity index (χ3v) is 11.7. The van der Waals surface area contributed by atoms with Crippen molar-refractivity contribution in [2.24, 2.45) is 50.5 Å². The lowest BCUT2D eigenvalue weighted by molar-refractivity contribution is -0.142. The van der Waals surface area contributed by atoms with E-state index in [1.165, 1.54) is 0 Å². The number of carbonyl (C=O) groups excluding carboxylic acids is 7. The molecule has 22 nitrogen and oxygen atoms in total. The van der Waals surface area contributed by atoms with Crippen LogP contribution in [0.4, 0.5) is 5.69 Å². The van der Waals surface area contributed by atoms with E-state index in [1.807, 2.05) is 30.3 Å². The van der Waals surface area contributed by atoms with Crippen LogP contribution in [0, 0.1) is 11.8 Å². The minimum Gasteiger partial charge on any atom is -0.481 e. The first kappa shape index (κ1) is 56.3. The first-order chi connectivity index (χ1) is 31.7. The number of aliphatic carboxylic acids is 1. The number of rotatable bonds is 29. The summed E-state index contributed by atoms with van der Waals surface area (Å²) < 4.78 is 0. The van der Waals surface area contributed by atoms with Gasteiger partial charge in [-0.05, 0) is 60.8 Å².